The Hall–Kier alpha value is -2.80. The molecule has 1 saturated carbocycles. The Balaban J connectivity index is 1.52. The van der Waals surface area contributed by atoms with E-state index >= 15 is 0 Å². The van der Waals surface area contributed by atoms with E-state index in [1.807, 2.05) is 4.90 Å². The third-order valence-electron chi connectivity index (χ3n) is 5.78. The number of rotatable bonds is 4. The molecule has 1 saturated heterocycles. The summed E-state index contributed by atoms with van der Waals surface area (Å²) in [6.07, 6.45) is 4.36. The largest absolute Gasteiger partial charge is 0.378 e. The third kappa shape index (κ3) is 4.45. The minimum atomic E-state index is -0.301. The van der Waals surface area contributed by atoms with Gasteiger partial charge >= 0.3 is 0 Å². The lowest BCUT2D eigenvalue weighted by Crippen LogP contribution is -2.44. The van der Waals surface area contributed by atoms with Crippen LogP contribution in [0.25, 0.3) is 0 Å². The third-order valence-corrected chi connectivity index (χ3v) is 5.78. The highest BCUT2D eigenvalue weighted by atomic mass is 19.1. The normalized spacial score (nSPS) is 24.3. The standard InChI is InChI=1S/C22H24FN3O3/c23-17-3-1-15(2-4-17)19-13-18(25-21(27)16-5-7-24-8-6-16)14-20(19)22(28)26-9-11-29-12-10-26/h1-8,18-20H,9-14H2,(H,25,27)/t18-,19+,20-/m0/s1. The summed E-state index contributed by atoms with van der Waals surface area (Å²) in [5.74, 6) is -0.696. The fourth-order valence-corrected chi connectivity index (χ4v) is 4.30. The second-order valence-corrected chi connectivity index (χ2v) is 7.58. The van der Waals surface area contributed by atoms with Crippen LogP contribution in [-0.4, -0.2) is 54.0 Å². The highest BCUT2D eigenvalue weighted by molar-refractivity contribution is 5.94. The summed E-state index contributed by atoms with van der Waals surface area (Å²) in [6.45, 7) is 2.25. The zero-order valence-electron chi connectivity index (χ0n) is 16.1. The first-order valence-electron chi connectivity index (χ1n) is 9.94. The van der Waals surface area contributed by atoms with Crippen LogP contribution < -0.4 is 5.32 Å². The van der Waals surface area contributed by atoms with Crippen molar-refractivity contribution in [1.29, 1.82) is 0 Å². The molecule has 0 spiro atoms. The lowest BCUT2D eigenvalue weighted by Gasteiger charge is -2.31. The number of amides is 2. The average molecular weight is 397 g/mol. The molecule has 1 N–H and O–H groups in total. The number of halogens is 1. The molecule has 0 unspecified atom stereocenters. The van der Waals surface area contributed by atoms with Crippen LogP contribution in [0.3, 0.4) is 0 Å². The molecule has 4 rings (SSSR count). The maximum absolute atomic E-state index is 13.4. The van der Waals surface area contributed by atoms with E-state index in [1.54, 1.807) is 36.7 Å². The zero-order chi connectivity index (χ0) is 20.2. The minimum Gasteiger partial charge on any atom is -0.378 e. The number of nitrogens with zero attached hydrogens (tertiary/aromatic N) is 2. The molecule has 2 fully saturated rings. The number of hydrogen-bond donors (Lipinski definition) is 1. The van der Waals surface area contributed by atoms with Crippen molar-refractivity contribution < 1.29 is 18.7 Å². The Kier molecular flexibility index (Phi) is 5.85. The molecule has 29 heavy (non-hydrogen) atoms. The van der Waals surface area contributed by atoms with Gasteiger partial charge in [0.15, 0.2) is 0 Å². The molecule has 1 aromatic heterocycles. The Morgan fingerprint density at radius 2 is 1.72 bits per heavy atom. The number of hydrogen-bond acceptors (Lipinski definition) is 4. The lowest BCUT2D eigenvalue weighted by atomic mass is 9.88. The van der Waals surface area contributed by atoms with Crippen LogP contribution in [0.15, 0.2) is 48.8 Å². The van der Waals surface area contributed by atoms with E-state index in [4.69, 9.17) is 4.74 Å². The summed E-state index contributed by atoms with van der Waals surface area (Å²) in [6, 6.07) is 9.54. The van der Waals surface area contributed by atoms with Gasteiger partial charge in [-0.05, 0) is 48.6 Å². The summed E-state index contributed by atoms with van der Waals surface area (Å²) in [4.78, 5) is 31.6. The summed E-state index contributed by atoms with van der Waals surface area (Å²) >= 11 is 0. The molecule has 152 valence electrons. The van der Waals surface area contributed by atoms with Gasteiger partial charge in [-0.25, -0.2) is 4.39 Å². The van der Waals surface area contributed by atoms with Crippen molar-refractivity contribution in [3.8, 4) is 0 Å². The first-order valence-corrected chi connectivity index (χ1v) is 9.94. The first kappa shape index (κ1) is 19.5. The van der Waals surface area contributed by atoms with Crippen LogP contribution in [0, 0.1) is 11.7 Å². The van der Waals surface area contributed by atoms with Crippen LogP contribution in [-0.2, 0) is 9.53 Å². The molecular formula is C22H24FN3O3. The van der Waals surface area contributed by atoms with Gasteiger partial charge in [0.1, 0.15) is 5.82 Å². The predicted molar refractivity (Wildman–Crippen MR) is 105 cm³/mol. The van der Waals surface area contributed by atoms with Crippen molar-refractivity contribution in [2.45, 2.75) is 24.8 Å². The van der Waals surface area contributed by atoms with Crippen LogP contribution in [0.2, 0.25) is 0 Å². The lowest BCUT2D eigenvalue weighted by molar-refractivity contribution is -0.140. The molecule has 2 heterocycles. The molecule has 7 heteroatoms. The van der Waals surface area contributed by atoms with E-state index in [9.17, 15) is 14.0 Å². The average Bonchev–Trinajstić information content (AvgIpc) is 3.18. The Bertz CT molecular complexity index is 853. The monoisotopic (exact) mass is 397 g/mol. The fraction of sp³-hybridized carbons (Fsp3) is 0.409. The quantitative estimate of drug-likeness (QED) is 0.860. The number of carbonyl (C=O) groups is 2. The number of benzene rings is 1. The Morgan fingerprint density at radius 3 is 2.41 bits per heavy atom. The molecule has 2 aromatic rings. The molecule has 3 atom stereocenters. The highest BCUT2D eigenvalue weighted by Gasteiger charge is 2.42. The van der Waals surface area contributed by atoms with Crippen LogP contribution in [0.5, 0.6) is 0 Å². The van der Waals surface area contributed by atoms with Gasteiger partial charge in [-0.3, -0.25) is 14.6 Å². The molecule has 1 aliphatic heterocycles. The van der Waals surface area contributed by atoms with Gasteiger partial charge in [-0.15, -0.1) is 0 Å². The molecule has 6 nitrogen and oxygen atoms in total. The molecule has 0 bridgehead atoms. The van der Waals surface area contributed by atoms with Crippen molar-refractivity contribution in [3.63, 3.8) is 0 Å². The Morgan fingerprint density at radius 1 is 1.03 bits per heavy atom. The number of ether oxygens (including phenoxy) is 1. The minimum absolute atomic E-state index is 0.0614. The second kappa shape index (κ2) is 8.69. The van der Waals surface area contributed by atoms with Gasteiger partial charge in [-0.2, -0.15) is 0 Å². The highest BCUT2D eigenvalue weighted by Crippen LogP contribution is 2.41. The molecule has 1 aromatic carbocycles. The van der Waals surface area contributed by atoms with Crippen LogP contribution >= 0.6 is 0 Å². The van der Waals surface area contributed by atoms with Gasteiger partial charge in [0.2, 0.25) is 5.91 Å². The fourth-order valence-electron chi connectivity index (χ4n) is 4.30. The molecule has 2 amide bonds. The zero-order valence-corrected chi connectivity index (χ0v) is 16.1. The van der Waals surface area contributed by atoms with E-state index in [2.05, 4.69) is 10.3 Å². The number of carbonyl (C=O) groups excluding carboxylic acids is 2. The predicted octanol–water partition coefficient (Wildman–Crippen LogP) is 2.37. The maximum atomic E-state index is 13.4. The van der Waals surface area contributed by atoms with Gasteiger partial charge < -0.3 is 15.0 Å². The van der Waals surface area contributed by atoms with Gasteiger partial charge in [0.25, 0.3) is 5.91 Å². The maximum Gasteiger partial charge on any atom is 0.251 e. The van der Waals surface area contributed by atoms with Gasteiger partial charge in [-0.1, -0.05) is 12.1 Å². The van der Waals surface area contributed by atoms with Crippen molar-refractivity contribution in [2.24, 2.45) is 5.92 Å². The van der Waals surface area contributed by atoms with Crippen molar-refractivity contribution in [3.05, 3.63) is 65.7 Å². The summed E-state index contributed by atoms with van der Waals surface area (Å²) < 4.78 is 18.8. The van der Waals surface area contributed by atoms with Crippen molar-refractivity contribution in [1.82, 2.24) is 15.2 Å². The van der Waals surface area contributed by atoms with Gasteiger partial charge in [0.05, 0.1) is 13.2 Å². The van der Waals surface area contributed by atoms with Crippen molar-refractivity contribution >= 4 is 11.8 Å². The smallest absolute Gasteiger partial charge is 0.251 e. The molecule has 2 aliphatic rings. The number of pyridine rings is 1. The topological polar surface area (TPSA) is 71.5 Å². The van der Waals surface area contributed by atoms with E-state index < -0.39 is 0 Å². The summed E-state index contributed by atoms with van der Waals surface area (Å²) in [5.41, 5.74) is 1.47. The summed E-state index contributed by atoms with van der Waals surface area (Å²) in [7, 11) is 0. The molecule has 1 aliphatic carbocycles. The van der Waals surface area contributed by atoms with E-state index in [1.165, 1.54) is 12.1 Å². The summed E-state index contributed by atoms with van der Waals surface area (Å²) in [5, 5.41) is 3.06. The molecular weight excluding hydrogens is 373 g/mol. The van der Waals surface area contributed by atoms with E-state index in [0.29, 0.717) is 44.7 Å². The number of aromatic nitrogens is 1. The SMILES string of the molecule is O=C(N[C@@H]1C[C@H](C(=O)N2CCOCC2)[C@@H](c2ccc(F)cc2)C1)c1ccncc1. The number of morpholine rings is 1. The Labute approximate surface area is 169 Å². The van der Waals surface area contributed by atoms with Gasteiger partial charge in [0, 0.05) is 43.0 Å². The van der Waals surface area contributed by atoms with E-state index in [-0.39, 0.29) is 35.5 Å². The van der Waals surface area contributed by atoms with Crippen LogP contribution in [0.1, 0.15) is 34.7 Å². The molecule has 0 radical (unpaired) electrons. The van der Waals surface area contributed by atoms with Crippen molar-refractivity contribution in [2.75, 3.05) is 26.3 Å². The number of nitrogens with one attached hydrogen (secondary N) is 1. The van der Waals surface area contributed by atoms with E-state index in [0.717, 1.165) is 5.56 Å². The second-order valence-electron chi connectivity index (χ2n) is 7.58. The first-order chi connectivity index (χ1) is 14.1. The van der Waals surface area contributed by atoms with Crippen LogP contribution in [0.4, 0.5) is 4.39 Å².